The van der Waals surface area contributed by atoms with Gasteiger partial charge >= 0.3 is 0 Å². The molecule has 2 rings (SSSR count). The predicted molar refractivity (Wildman–Crippen MR) is 81.3 cm³/mol. The van der Waals surface area contributed by atoms with E-state index in [0.717, 1.165) is 12.1 Å². The Morgan fingerprint density at radius 2 is 1.95 bits per heavy atom. The molecule has 102 valence electrons. The maximum Gasteiger partial charge on any atom is 0.279 e. The Balaban J connectivity index is 2.14. The lowest BCUT2D eigenvalue weighted by molar-refractivity contribution is 0.515. The number of H-pyrrole nitrogens is 1. The second kappa shape index (κ2) is 5.21. The van der Waals surface area contributed by atoms with E-state index in [1.54, 1.807) is 0 Å². The van der Waals surface area contributed by atoms with Crippen LogP contribution in [0.1, 0.15) is 22.4 Å². The molecule has 0 unspecified atom stereocenters. The standard InChI is InChI=1S/C15H22N2OSi/c1-11-7-6-8-13(12(11)2)9-14-10-16-15(17-14)18-19(3,4)5/h6-8,10H,9H2,1-5H3,(H,16,17). The molecule has 3 nitrogen and oxygen atoms in total. The van der Waals surface area contributed by atoms with Gasteiger partial charge in [-0.05, 0) is 50.2 Å². The van der Waals surface area contributed by atoms with Gasteiger partial charge < -0.3 is 9.41 Å². The number of aromatic amines is 1. The van der Waals surface area contributed by atoms with Crippen molar-refractivity contribution in [3.8, 4) is 6.01 Å². The summed E-state index contributed by atoms with van der Waals surface area (Å²) in [6.07, 6.45) is 2.74. The van der Waals surface area contributed by atoms with E-state index in [4.69, 9.17) is 4.43 Å². The van der Waals surface area contributed by atoms with Crippen LogP contribution in [-0.4, -0.2) is 18.3 Å². The van der Waals surface area contributed by atoms with Crippen LogP contribution in [0.3, 0.4) is 0 Å². The highest BCUT2D eigenvalue weighted by atomic mass is 28.4. The summed E-state index contributed by atoms with van der Waals surface area (Å²) in [5.74, 6) is 0. The Morgan fingerprint density at radius 1 is 1.21 bits per heavy atom. The molecule has 0 saturated heterocycles. The van der Waals surface area contributed by atoms with Gasteiger partial charge in [-0.2, -0.15) is 0 Å². The molecule has 1 heterocycles. The van der Waals surface area contributed by atoms with Crippen molar-refractivity contribution in [2.45, 2.75) is 39.9 Å². The van der Waals surface area contributed by atoms with Crippen molar-refractivity contribution in [2.75, 3.05) is 0 Å². The Hall–Kier alpha value is -1.55. The van der Waals surface area contributed by atoms with E-state index in [-0.39, 0.29) is 0 Å². The molecule has 19 heavy (non-hydrogen) atoms. The molecule has 0 fully saturated rings. The minimum absolute atomic E-state index is 0.652. The SMILES string of the molecule is Cc1cccc(Cc2cnc(O[Si](C)(C)C)[nH]2)c1C. The largest absolute Gasteiger partial charge is 0.519 e. The fraction of sp³-hybridized carbons (Fsp3) is 0.400. The van der Waals surface area contributed by atoms with E-state index < -0.39 is 8.32 Å². The second-order valence-electron chi connectivity index (χ2n) is 5.96. The van der Waals surface area contributed by atoms with E-state index in [0.29, 0.717) is 6.01 Å². The third-order valence-electron chi connectivity index (χ3n) is 3.11. The molecule has 0 aliphatic rings. The lowest BCUT2D eigenvalue weighted by Gasteiger charge is -2.15. The van der Waals surface area contributed by atoms with Crippen LogP contribution in [0.2, 0.25) is 19.6 Å². The molecule has 0 aliphatic heterocycles. The van der Waals surface area contributed by atoms with Crippen molar-refractivity contribution < 1.29 is 4.43 Å². The maximum absolute atomic E-state index is 5.85. The van der Waals surface area contributed by atoms with Gasteiger partial charge in [-0.3, -0.25) is 0 Å². The van der Waals surface area contributed by atoms with Crippen LogP contribution in [0.5, 0.6) is 6.01 Å². The van der Waals surface area contributed by atoms with Gasteiger partial charge in [0.2, 0.25) is 8.32 Å². The highest BCUT2D eigenvalue weighted by molar-refractivity contribution is 6.70. The molecule has 1 aromatic carbocycles. The van der Waals surface area contributed by atoms with E-state index in [9.17, 15) is 0 Å². The van der Waals surface area contributed by atoms with Gasteiger partial charge in [0.15, 0.2) is 0 Å². The van der Waals surface area contributed by atoms with E-state index in [1.807, 2.05) is 6.20 Å². The number of hydrogen-bond acceptors (Lipinski definition) is 2. The number of aromatic nitrogens is 2. The van der Waals surface area contributed by atoms with Crippen molar-refractivity contribution in [3.05, 3.63) is 46.8 Å². The van der Waals surface area contributed by atoms with Crippen LogP contribution < -0.4 is 4.43 Å². The third-order valence-corrected chi connectivity index (χ3v) is 3.91. The summed E-state index contributed by atoms with van der Waals surface area (Å²) in [6, 6.07) is 7.07. The van der Waals surface area contributed by atoms with Gasteiger partial charge in [-0.15, -0.1) is 0 Å². The highest BCUT2D eigenvalue weighted by Crippen LogP contribution is 2.18. The molecule has 0 amide bonds. The van der Waals surface area contributed by atoms with Crippen molar-refractivity contribution >= 4 is 8.32 Å². The normalized spacial score (nSPS) is 11.6. The summed E-state index contributed by atoms with van der Waals surface area (Å²) in [4.78, 5) is 7.57. The average molecular weight is 274 g/mol. The average Bonchev–Trinajstić information content (AvgIpc) is 2.70. The lowest BCUT2D eigenvalue weighted by Crippen LogP contribution is -2.29. The van der Waals surface area contributed by atoms with E-state index >= 15 is 0 Å². The Bertz CT molecular complexity index is 570. The predicted octanol–water partition coefficient (Wildman–Crippen LogP) is 3.83. The first kappa shape index (κ1) is 13.9. The van der Waals surface area contributed by atoms with Crippen LogP contribution in [0.4, 0.5) is 0 Å². The zero-order chi connectivity index (χ0) is 14.0. The summed E-state index contributed by atoms with van der Waals surface area (Å²) < 4.78 is 5.85. The van der Waals surface area contributed by atoms with Gasteiger partial charge in [0.05, 0.1) is 6.20 Å². The fourth-order valence-corrected chi connectivity index (χ4v) is 2.66. The zero-order valence-corrected chi connectivity index (χ0v) is 13.4. The molecule has 0 spiro atoms. The Kier molecular flexibility index (Phi) is 3.80. The molecule has 0 aliphatic carbocycles. The van der Waals surface area contributed by atoms with Crippen LogP contribution in [0.25, 0.3) is 0 Å². The second-order valence-corrected chi connectivity index (χ2v) is 10.4. The van der Waals surface area contributed by atoms with Gasteiger partial charge in [0.1, 0.15) is 0 Å². The number of rotatable bonds is 4. The molecule has 0 bridgehead atoms. The van der Waals surface area contributed by atoms with Crippen molar-refractivity contribution in [3.63, 3.8) is 0 Å². The van der Waals surface area contributed by atoms with Gasteiger partial charge in [0, 0.05) is 12.1 Å². The zero-order valence-electron chi connectivity index (χ0n) is 12.4. The molecule has 0 saturated carbocycles. The van der Waals surface area contributed by atoms with Crippen molar-refractivity contribution in [2.24, 2.45) is 0 Å². The first-order chi connectivity index (χ1) is 8.85. The lowest BCUT2D eigenvalue weighted by atomic mass is 10.0. The Morgan fingerprint density at radius 3 is 2.63 bits per heavy atom. The number of nitrogens with zero attached hydrogens (tertiary/aromatic N) is 1. The van der Waals surface area contributed by atoms with E-state index in [1.165, 1.54) is 16.7 Å². The number of imidazole rings is 1. The number of benzene rings is 1. The van der Waals surface area contributed by atoms with Crippen LogP contribution >= 0.6 is 0 Å². The summed E-state index contributed by atoms with van der Waals surface area (Å²) in [6.45, 7) is 10.8. The summed E-state index contributed by atoms with van der Waals surface area (Å²) in [5, 5.41) is 0. The first-order valence-corrected chi connectivity index (χ1v) is 10.0. The molecule has 2 aromatic rings. The van der Waals surface area contributed by atoms with Gasteiger partial charge in [0.25, 0.3) is 6.01 Å². The molecular formula is C15H22N2OSi. The summed E-state index contributed by atoms with van der Waals surface area (Å²) in [7, 11) is -1.59. The van der Waals surface area contributed by atoms with Crippen molar-refractivity contribution in [1.82, 2.24) is 9.97 Å². The molecule has 4 heteroatoms. The van der Waals surface area contributed by atoms with Crippen LogP contribution in [-0.2, 0) is 6.42 Å². The number of hydrogen-bond donors (Lipinski definition) is 1. The molecule has 1 aromatic heterocycles. The Labute approximate surface area is 116 Å². The van der Waals surface area contributed by atoms with Crippen LogP contribution in [0.15, 0.2) is 24.4 Å². The monoisotopic (exact) mass is 274 g/mol. The summed E-state index contributed by atoms with van der Waals surface area (Å²) in [5.41, 5.74) is 5.12. The van der Waals surface area contributed by atoms with Gasteiger partial charge in [-0.25, -0.2) is 4.98 Å². The minimum Gasteiger partial charge on any atom is -0.519 e. The van der Waals surface area contributed by atoms with Gasteiger partial charge in [-0.1, -0.05) is 18.2 Å². The number of aryl methyl sites for hydroxylation is 1. The first-order valence-electron chi connectivity index (χ1n) is 6.63. The highest BCUT2D eigenvalue weighted by Gasteiger charge is 2.18. The molecular weight excluding hydrogens is 252 g/mol. The third kappa shape index (κ3) is 3.70. The maximum atomic E-state index is 5.85. The molecule has 0 atom stereocenters. The van der Waals surface area contributed by atoms with Crippen molar-refractivity contribution in [1.29, 1.82) is 0 Å². The van der Waals surface area contributed by atoms with E-state index in [2.05, 4.69) is 61.7 Å². The number of nitrogens with one attached hydrogen (secondary N) is 1. The minimum atomic E-state index is -1.59. The molecule has 1 N–H and O–H groups in total. The fourth-order valence-electron chi connectivity index (χ4n) is 1.98. The van der Waals surface area contributed by atoms with Crippen LogP contribution in [0, 0.1) is 13.8 Å². The smallest absolute Gasteiger partial charge is 0.279 e. The quantitative estimate of drug-likeness (QED) is 0.860. The topological polar surface area (TPSA) is 37.9 Å². The molecule has 0 radical (unpaired) electrons. The summed E-state index contributed by atoms with van der Waals surface area (Å²) >= 11 is 0.